The van der Waals surface area contributed by atoms with E-state index in [1.807, 2.05) is 99.6 Å². The third-order valence-corrected chi connectivity index (χ3v) is 7.99. The van der Waals surface area contributed by atoms with Gasteiger partial charge in [-0.25, -0.2) is 4.79 Å². The highest BCUT2D eigenvalue weighted by Gasteiger charge is 2.42. The molecule has 0 fully saturated rings. The molecule has 1 heterocycles. The average Bonchev–Trinajstić information content (AvgIpc) is 2.96. The van der Waals surface area contributed by atoms with Crippen molar-refractivity contribution in [3.63, 3.8) is 0 Å². The number of carbonyl (C=O) groups excluding carboxylic acids is 2. The molecule has 3 atom stereocenters. The number of halogens is 1. The molecular formula is C34H34ClNO4. The van der Waals surface area contributed by atoms with E-state index in [1.54, 1.807) is 0 Å². The molecule has 1 aliphatic heterocycles. The van der Waals surface area contributed by atoms with Gasteiger partial charge in [0.2, 0.25) is 0 Å². The summed E-state index contributed by atoms with van der Waals surface area (Å²) in [7, 11) is 0. The highest BCUT2D eigenvalue weighted by Crippen LogP contribution is 2.48. The van der Waals surface area contributed by atoms with Crippen molar-refractivity contribution in [2.45, 2.75) is 64.6 Å². The van der Waals surface area contributed by atoms with Crippen molar-refractivity contribution < 1.29 is 19.1 Å². The van der Waals surface area contributed by atoms with Crippen molar-refractivity contribution >= 4 is 23.4 Å². The Balaban J connectivity index is 1.57. The number of Topliss-reactive ketones (excluding diaryl/α,β-unsaturated/α-hetero) is 1. The van der Waals surface area contributed by atoms with Gasteiger partial charge in [0.05, 0.1) is 17.6 Å². The van der Waals surface area contributed by atoms with E-state index in [0.717, 1.165) is 22.4 Å². The van der Waals surface area contributed by atoms with Gasteiger partial charge in [-0.3, -0.25) is 4.79 Å². The van der Waals surface area contributed by atoms with Crippen molar-refractivity contribution in [2.75, 3.05) is 0 Å². The predicted octanol–water partition coefficient (Wildman–Crippen LogP) is 7.62. The molecular weight excluding hydrogens is 522 g/mol. The summed E-state index contributed by atoms with van der Waals surface area (Å²) in [6.07, 6.45) is 1.45. The highest BCUT2D eigenvalue weighted by atomic mass is 35.5. The Morgan fingerprint density at radius 2 is 1.70 bits per heavy atom. The van der Waals surface area contributed by atoms with Gasteiger partial charge in [-0.15, -0.1) is 0 Å². The standard InChI is InChI=1S/C34H34ClNO4/c1-4-21(2)40-34(38)31-22(3)36-28-18-25(24-14-16-26(35)17-15-24)19-29(37)33(28)32(31)27-12-8-9-13-30(27)39-20-23-10-6-5-7-11-23/h5-17,21,25,32,36H,4,18-20H2,1-3H3/t21-,25+,32+/m0/s1. The molecule has 0 amide bonds. The molecule has 0 aromatic heterocycles. The third-order valence-electron chi connectivity index (χ3n) is 7.74. The average molecular weight is 556 g/mol. The van der Waals surface area contributed by atoms with Crippen LogP contribution in [0.2, 0.25) is 5.02 Å². The minimum absolute atomic E-state index is 0.0119. The first-order valence-corrected chi connectivity index (χ1v) is 14.2. The fourth-order valence-corrected chi connectivity index (χ4v) is 5.63. The van der Waals surface area contributed by atoms with Crippen molar-refractivity contribution in [2.24, 2.45) is 0 Å². The summed E-state index contributed by atoms with van der Waals surface area (Å²) in [6.45, 7) is 6.11. The molecule has 0 radical (unpaired) electrons. The van der Waals surface area contributed by atoms with E-state index in [4.69, 9.17) is 21.1 Å². The van der Waals surface area contributed by atoms with Crippen LogP contribution in [0.3, 0.4) is 0 Å². The summed E-state index contributed by atoms with van der Waals surface area (Å²) >= 11 is 6.12. The maximum absolute atomic E-state index is 14.0. The Morgan fingerprint density at radius 1 is 1.00 bits per heavy atom. The van der Waals surface area contributed by atoms with Crippen LogP contribution in [-0.4, -0.2) is 17.9 Å². The summed E-state index contributed by atoms with van der Waals surface area (Å²) in [6, 6.07) is 25.3. The first-order valence-electron chi connectivity index (χ1n) is 13.8. The number of esters is 1. The molecule has 5 rings (SSSR count). The van der Waals surface area contributed by atoms with Crippen LogP contribution in [-0.2, 0) is 20.9 Å². The number of para-hydroxylation sites is 1. The summed E-state index contributed by atoms with van der Waals surface area (Å²) in [5.41, 5.74) is 5.48. The number of hydrogen-bond acceptors (Lipinski definition) is 5. The second-order valence-electron chi connectivity index (χ2n) is 10.5. The zero-order chi connectivity index (χ0) is 28.2. The Hall–Kier alpha value is -3.83. The second-order valence-corrected chi connectivity index (χ2v) is 10.9. The lowest BCUT2D eigenvalue weighted by Crippen LogP contribution is -2.36. The Bertz CT molecular complexity index is 1460. The first-order chi connectivity index (χ1) is 19.4. The summed E-state index contributed by atoms with van der Waals surface area (Å²) in [5, 5.41) is 4.09. The normalized spacial score (nSPS) is 19.6. The molecule has 0 unspecified atom stereocenters. The van der Waals surface area contributed by atoms with E-state index in [9.17, 15) is 9.59 Å². The van der Waals surface area contributed by atoms with Crippen molar-refractivity contribution in [3.8, 4) is 5.75 Å². The van der Waals surface area contributed by atoms with E-state index in [1.165, 1.54) is 0 Å². The van der Waals surface area contributed by atoms with E-state index in [0.29, 0.717) is 53.5 Å². The molecule has 6 heteroatoms. The Morgan fingerprint density at radius 3 is 2.42 bits per heavy atom. The molecule has 206 valence electrons. The van der Waals surface area contributed by atoms with Crippen LogP contribution in [0.4, 0.5) is 0 Å². The van der Waals surface area contributed by atoms with E-state index < -0.39 is 11.9 Å². The maximum atomic E-state index is 14.0. The fraction of sp³-hybridized carbons (Fsp3) is 0.294. The van der Waals surface area contributed by atoms with Gasteiger partial charge in [0.1, 0.15) is 12.4 Å². The van der Waals surface area contributed by atoms with Gasteiger partial charge < -0.3 is 14.8 Å². The molecule has 1 N–H and O–H groups in total. The van der Waals surface area contributed by atoms with Gasteiger partial charge in [-0.05, 0) is 61.9 Å². The number of benzene rings is 3. The molecule has 3 aromatic carbocycles. The van der Waals surface area contributed by atoms with Crippen LogP contribution in [0.15, 0.2) is 101 Å². The van der Waals surface area contributed by atoms with Gasteiger partial charge in [0.15, 0.2) is 5.78 Å². The molecule has 1 aliphatic carbocycles. The zero-order valence-electron chi connectivity index (χ0n) is 23.1. The number of hydrogen-bond donors (Lipinski definition) is 1. The lowest BCUT2D eigenvalue weighted by molar-refractivity contribution is -0.144. The van der Waals surface area contributed by atoms with Crippen molar-refractivity contribution in [1.29, 1.82) is 0 Å². The number of dihydropyridines is 1. The molecule has 2 aliphatic rings. The van der Waals surface area contributed by atoms with Crippen LogP contribution in [0.1, 0.15) is 68.6 Å². The van der Waals surface area contributed by atoms with Gasteiger partial charge in [-0.2, -0.15) is 0 Å². The van der Waals surface area contributed by atoms with E-state index in [2.05, 4.69) is 5.32 Å². The maximum Gasteiger partial charge on any atom is 0.337 e. The fourth-order valence-electron chi connectivity index (χ4n) is 5.51. The number of ketones is 1. The molecule has 0 bridgehead atoms. The molecule has 0 spiro atoms. The highest BCUT2D eigenvalue weighted by molar-refractivity contribution is 6.30. The SMILES string of the molecule is CC[C@H](C)OC(=O)C1=C(C)NC2=C(C(=O)C[C@H](c3ccc(Cl)cc3)C2)[C@@H]1c1ccccc1OCc1ccccc1. The monoisotopic (exact) mass is 555 g/mol. The molecule has 0 saturated heterocycles. The topological polar surface area (TPSA) is 64.6 Å². The van der Waals surface area contributed by atoms with Crippen LogP contribution in [0.5, 0.6) is 5.75 Å². The molecule has 0 saturated carbocycles. The van der Waals surface area contributed by atoms with Crippen molar-refractivity contribution in [1.82, 2.24) is 5.32 Å². The summed E-state index contributed by atoms with van der Waals surface area (Å²) in [4.78, 5) is 27.6. The second kappa shape index (κ2) is 12.1. The Labute approximate surface area is 240 Å². The van der Waals surface area contributed by atoms with Gasteiger partial charge in [-0.1, -0.05) is 79.2 Å². The predicted molar refractivity (Wildman–Crippen MR) is 157 cm³/mol. The minimum Gasteiger partial charge on any atom is -0.489 e. The minimum atomic E-state index is -0.599. The lowest BCUT2D eigenvalue weighted by atomic mass is 9.71. The number of allylic oxidation sites excluding steroid dienone is 3. The number of ether oxygens (including phenoxy) is 2. The smallest absolute Gasteiger partial charge is 0.337 e. The third kappa shape index (κ3) is 5.85. The first kappa shape index (κ1) is 27.7. The van der Waals surface area contributed by atoms with Crippen LogP contribution >= 0.6 is 11.6 Å². The van der Waals surface area contributed by atoms with Crippen LogP contribution < -0.4 is 10.1 Å². The quantitative estimate of drug-likeness (QED) is 0.290. The number of rotatable bonds is 8. The van der Waals surface area contributed by atoms with Gasteiger partial charge in [0, 0.05) is 34.0 Å². The molecule has 5 nitrogen and oxygen atoms in total. The van der Waals surface area contributed by atoms with E-state index in [-0.39, 0.29) is 17.8 Å². The van der Waals surface area contributed by atoms with Gasteiger partial charge >= 0.3 is 5.97 Å². The van der Waals surface area contributed by atoms with Crippen LogP contribution in [0.25, 0.3) is 0 Å². The lowest BCUT2D eigenvalue weighted by Gasteiger charge is -2.37. The molecule has 40 heavy (non-hydrogen) atoms. The summed E-state index contributed by atoms with van der Waals surface area (Å²) < 4.78 is 12.1. The van der Waals surface area contributed by atoms with Crippen LogP contribution in [0, 0.1) is 0 Å². The zero-order valence-corrected chi connectivity index (χ0v) is 23.8. The Kier molecular flexibility index (Phi) is 8.41. The number of nitrogens with one attached hydrogen (secondary N) is 1. The van der Waals surface area contributed by atoms with Crippen molar-refractivity contribution in [3.05, 3.63) is 123 Å². The summed E-state index contributed by atoms with van der Waals surface area (Å²) in [5.74, 6) is -0.347. The molecule has 3 aromatic rings. The largest absolute Gasteiger partial charge is 0.489 e. The number of carbonyl (C=O) groups is 2. The van der Waals surface area contributed by atoms with Gasteiger partial charge in [0.25, 0.3) is 0 Å². The van der Waals surface area contributed by atoms with E-state index >= 15 is 0 Å².